The predicted molar refractivity (Wildman–Crippen MR) is 121 cm³/mol. The second-order valence-electron chi connectivity index (χ2n) is 8.50. The van der Waals surface area contributed by atoms with E-state index in [4.69, 9.17) is 11.6 Å². The van der Waals surface area contributed by atoms with Crippen LogP contribution in [0.15, 0.2) is 54.6 Å². The normalized spacial score (nSPS) is 18.7. The zero-order valence-corrected chi connectivity index (χ0v) is 18.2. The van der Waals surface area contributed by atoms with Crippen molar-refractivity contribution < 1.29 is 9.59 Å². The fourth-order valence-electron chi connectivity index (χ4n) is 4.11. The lowest BCUT2D eigenvalue weighted by atomic mass is 9.93. The summed E-state index contributed by atoms with van der Waals surface area (Å²) < 4.78 is 1.96. The predicted octanol–water partition coefficient (Wildman–Crippen LogP) is 4.88. The third-order valence-electron chi connectivity index (χ3n) is 5.77. The number of rotatable bonds is 5. The molecule has 1 aromatic heterocycles. The van der Waals surface area contributed by atoms with Crippen LogP contribution in [0.4, 0.5) is 5.69 Å². The topological polar surface area (TPSA) is 54.3 Å². The number of amides is 2. The Bertz CT molecular complexity index is 1100. The number of hydrogen-bond acceptors (Lipinski definition) is 2. The molecule has 2 aromatic carbocycles. The van der Waals surface area contributed by atoms with Gasteiger partial charge in [0.25, 0.3) is 5.91 Å². The van der Waals surface area contributed by atoms with Crippen molar-refractivity contribution >= 4 is 40.0 Å². The van der Waals surface area contributed by atoms with Gasteiger partial charge in [-0.3, -0.25) is 14.5 Å². The fourth-order valence-corrected chi connectivity index (χ4v) is 4.23. The van der Waals surface area contributed by atoms with Crippen LogP contribution in [0.3, 0.4) is 0 Å². The summed E-state index contributed by atoms with van der Waals surface area (Å²) in [6, 6.07) is 16.8. The molecule has 6 heteroatoms. The van der Waals surface area contributed by atoms with Crippen molar-refractivity contribution in [2.75, 3.05) is 11.4 Å². The van der Waals surface area contributed by atoms with Crippen molar-refractivity contribution in [2.24, 2.45) is 5.92 Å². The summed E-state index contributed by atoms with van der Waals surface area (Å²) in [4.78, 5) is 28.7. The molecule has 5 nitrogen and oxygen atoms in total. The van der Waals surface area contributed by atoms with Gasteiger partial charge in [0, 0.05) is 28.2 Å². The molecule has 0 radical (unpaired) electrons. The number of fused-ring (bicyclic) bond motifs is 3. The van der Waals surface area contributed by atoms with E-state index in [1.807, 2.05) is 41.8 Å². The first-order valence-corrected chi connectivity index (χ1v) is 10.7. The van der Waals surface area contributed by atoms with Gasteiger partial charge in [-0.15, -0.1) is 0 Å². The van der Waals surface area contributed by atoms with E-state index in [9.17, 15) is 9.59 Å². The molecule has 2 amide bonds. The smallest absolute Gasteiger partial charge is 0.275 e. The Morgan fingerprint density at radius 1 is 1.17 bits per heavy atom. The van der Waals surface area contributed by atoms with Gasteiger partial charge in [-0.2, -0.15) is 0 Å². The minimum atomic E-state index is -1.07. The zero-order chi connectivity index (χ0) is 21.5. The molecule has 156 valence electrons. The molecule has 1 aliphatic rings. The third kappa shape index (κ3) is 3.47. The first-order valence-electron chi connectivity index (χ1n) is 10.3. The molecule has 2 heterocycles. The Labute approximate surface area is 181 Å². The van der Waals surface area contributed by atoms with Gasteiger partial charge in [-0.05, 0) is 55.7 Å². The van der Waals surface area contributed by atoms with Crippen molar-refractivity contribution in [3.8, 4) is 0 Å². The maximum absolute atomic E-state index is 13.7. The minimum absolute atomic E-state index is 0.158. The Balaban J connectivity index is 1.81. The van der Waals surface area contributed by atoms with Gasteiger partial charge in [0.05, 0.1) is 6.54 Å². The van der Waals surface area contributed by atoms with E-state index < -0.39 is 5.54 Å². The molecule has 0 fully saturated rings. The summed E-state index contributed by atoms with van der Waals surface area (Å²) in [5.74, 6) is 0.134. The van der Waals surface area contributed by atoms with Gasteiger partial charge in [-0.1, -0.05) is 43.6 Å². The molecule has 30 heavy (non-hydrogen) atoms. The van der Waals surface area contributed by atoms with Crippen molar-refractivity contribution in [3.63, 3.8) is 0 Å². The van der Waals surface area contributed by atoms with E-state index in [0.717, 1.165) is 17.3 Å². The van der Waals surface area contributed by atoms with E-state index in [2.05, 4.69) is 19.2 Å². The summed E-state index contributed by atoms with van der Waals surface area (Å²) in [7, 11) is 0. The number of carbonyl (C=O) groups excluding carboxylic acids is 2. The highest BCUT2D eigenvalue weighted by Gasteiger charge is 2.48. The van der Waals surface area contributed by atoms with E-state index in [1.165, 1.54) is 0 Å². The first-order chi connectivity index (χ1) is 14.3. The SMILES string of the molecule is CC(C)CCNC(=O)[C@]1(C)Cn2c(cc3ccccc32)C(=O)N1c1ccc(Cl)cc1. The van der Waals surface area contributed by atoms with Gasteiger partial charge < -0.3 is 9.88 Å². The summed E-state index contributed by atoms with van der Waals surface area (Å²) in [5, 5.41) is 4.63. The molecule has 0 spiro atoms. The zero-order valence-electron chi connectivity index (χ0n) is 17.5. The maximum atomic E-state index is 13.7. The number of aromatic nitrogens is 1. The molecule has 1 aliphatic heterocycles. The number of nitrogens with one attached hydrogen (secondary N) is 1. The molecule has 1 N–H and O–H groups in total. The minimum Gasteiger partial charge on any atom is -0.354 e. The number of halogens is 1. The van der Waals surface area contributed by atoms with Crippen LogP contribution < -0.4 is 10.2 Å². The highest BCUT2D eigenvalue weighted by molar-refractivity contribution is 6.30. The highest BCUT2D eigenvalue weighted by Crippen LogP contribution is 2.36. The van der Waals surface area contributed by atoms with Gasteiger partial charge in [0.1, 0.15) is 11.2 Å². The van der Waals surface area contributed by atoms with Crippen LogP contribution in [0.1, 0.15) is 37.7 Å². The Kier molecular flexibility index (Phi) is 5.33. The van der Waals surface area contributed by atoms with Crippen molar-refractivity contribution in [1.29, 1.82) is 0 Å². The number of para-hydroxylation sites is 1. The molecule has 0 unspecified atom stereocenters. The fraction of sp³-hybridized carbons (Fsp3) is 0.333. The molecule has 1 atom stereocenters. The largest absolute Gasteiger partial charge is 0.354 e. The molecular weight excluding hydrogens is 398 g/mol. The Hall–Kier alpha value is -2.79. The maximum Gasteiger partial charge on any atom is 0.275 e. The number of nitrogens with zero attached hydrogens (tertiary/aromatic N) is 2. The number of carbonyl (C=O) groups is 2. The Morgan fingerprint density at radius 2 is 1.87 bits per heavy atom. The lowest BCUT2D eigenvalue weighted by Gasteiger charge is -2.44. The number of benzene rings is 2. The molecule has 4 rings (SSSR count). The van der Waals surface area contributed by atoms with Crippen LogP contribution >= 0.6 is 11.6 Å². The first kappa shape index (κ1) is 20.5. The summed E-state index contributed by atoms with van der Waals surface area (Å²) in [5.41, 5.74) is 1.12. The second-order valence-corrected chi connectivity index (χ2v) is 8.94. The van der Waals surface area contributed by atoms with Crippen molar-refractivity contribution in [1.82, 2.24) is 9.88 Å². The highest BCUT2D eigenvalue weighted by atomic mass is 35.5. The van der Waals surface area contributed by atoms with Crippen molar-refractivity contribution in [2.45, 2.75) is 39.3 Å². The molecule has 3 aromatic rings. The van der Waals surface area contributed by atoms with Crippen LogP contribution in [0.25, 0.3) is 10.9 Å². The molecule has 0 bridgehead atoms. The summed E-state index contributed by atoms with van der Waals surface area (Å²) >= 11 is 6.07. The molecule has 0 saturated carbocycles. The van der Waals surface area contributed by atoms with E-state index in [1.54, 1.807) is 29.2 Å². The van der Waals surface area contributed by atoms with Crippen molar-refractivity contribution in [3.05, 3.63) is 65.3 Å². The lowest BCUT2D eigenvalue weighted by molar-refractivity contribution is -0.126. The number of anilines is 1. The summed E-state index contributed by atoms with van der Waals surface area (Å²) in [6.07, 6.45) is 0.883. The van der Waals surface area contributed by atoms with Gasteiger partial charge in [0.2, 0.25) is 5.91 Å². The van der Waals surface area contributed by atoms with E-state index >= 15 is 0 Å². The van der Waals surface area contributed by atoms with E-state index in [-0.39, 0.29) is 11.8 Å². The second kappa shape index (κ2) is 7.80. The molecule has 0 saturated heterocycles. The monoisotopic (exact) mass is 423 g/mol. The standard InChI is InChI=1S/C24H26ClN3O2/c1-16(2)12-13-26-23(30)24(3)15-27-20-7-5-4-6-17(20)14-21(27)22(29)28(24)19-10-8-18(25)9-11-19/h4-11,14,16H,12-13,15H2,1-3H3,(H,26,30)/t24-/m0/s1. The third-order valence-corrected chi connectivity index (χ3v) is 6.03. The molecule has 0 aliphatic carbocycles. The molecular formula is C24H26ClN3O2. The van der Waals surface area contributed by atoms with Crippen LogP contribution in [-0.2, 0) is 11.3 Å². The van der Waals surface area contributed by atoms with Crippen LogP contribution in [0.2, 0.25) is 5.02 Å². The van der Waals surface area contributed by atoms with Crippen LogP contribution in [0.5, 0.6) is 0 Å². The summed E-state index contributed by atoms with van der Waals surface area (Å²) in [6.45, 7) is 7.03. The van der Waals surface area contributed by atoms with Gasteiger partial charge in [0.15, 0.2) is 0 Å². The van der Waals surface area contributed by atoms with Crippen LogP contribution in [0, 0.1) is 5.92 Å². The lowest BCUT2D eigenvalue weighted by Crippen LogP contribution is -2.64. The van der Waals surface area contributed by atoms with E-state index in [0.29, 0.717) is 35.4 Å². The Morgan fingerprint density at radius 3 is 2.57 bits per heavy atom. The average molecular weight is 424 g/mol. The number of hydrogen-bond donors (Lipinski definition) is 1. The van der Waals surface area contributed by atoms with Crippen LogP contribution in [-0.4, -0.2) is 28.5 Å². The van der Waals surface area contributed by atoms with Gasteiger partial charge in [-0.25, -0.2) is 0 Å². The van der Waals surface area contributed by atoms with Gasteiger partial charge >= 0.3 is 0 Å². The quantitative estimate of drug-likeness (QED) is 0.636. The average Bonchev–Trinajstić information content (AvgIpc) is 3.08.